The van der Waals surface area contributed by atoms with E-state index < -0.39 is 27.7 Å². The largest absolute Gasteiger partial charge is 0.416 e. The monoisotopic (exact) mass is 414 g/mol. The summed E-state index contributed by atoms with van der Waals surface area (Å²) in [5.74, 6) is -0.515. The van der Waals surface area contributed by atoms with E-state index in [0.717, 1.165) is 12.1 Å². The summed E-state index contributed by atoms with van der Waals surface area (Å²) in [4.78, 5) is 12.3. The van der Waals surface area contributed by atoms with Crippen LogP contribution in [0.25, 0.3) is 0 Å². The van der Waals surface area contributed by atoms with E-state index in [-0.39, 0.29) is 23.0 Å². The number of nitrogens with one attached hydrogen (secondary N) is 1. The molecule has 2 aromatic carbocycles. The third-order valence-corrected chi connectivity index (χ3v) is 6.28. The van der Waals surface area contributed by atoms with Gasteiger partial charge in [-0.15, -0.1) is 0 Å². The fourth-order valence-corrected chi connectivity index (χ4v) is 3.73. The first-order valence-electron chi connectivity index (χ1n) is 8.45. The van der Waals surface area contributed by atoms with Crippen molar-refractivity contribution >= 4 is 15.9 Å². The molecular formula is C19H21F3N2O3S. The van der Waals surface area contributed by atoms with E-state index in [2.05, 4.69) is 5.32 Å². The smallest absolute Gasteiger partial charge is 0.348 e. The molecule has 1 N–H and O–H groups in total. The van der Waals surface area contributed by atoms with E-state index in [4.69, 9.17) is 0 Å². The van der Waals surface area contributed by atoms with Crippen LogP contribution in [0.1, 0.15) is 35.3 Å². The molecule has 0 spiro atoms. The zero-order chi connectivity index (χ0) is 21.1. The van der Waals surface area contributed by atoms with E-state index in [9.17, 15) is 26.4 Å². The van der Waals surface area contributed by atoms with Crippen LogP contribution in [-0.2, 0) is 22.7 Å². The molecule has 0 bridgehead atoms. The van der Waals surface area contributed by atoms with Crippen LogP contribution in [-0.4, -0.2) is 31.7 Å². The van der Waals surface area contributed by atoms with E-state index in [1.807, 2.05) is 0 Å². The maximum Gasteiger partial charge on any atom is 0.416 e. The average molecular weight is 414 g/mol. The summed E-state index contributed by atoms with van der Waals surface area (Å²) >= 11 is 0. The molecule has 0 aliphatic carbocycles. The number of halogens is 3. The van der Waals surface area contributed by atoms with Gasteiger partial charge in [-0.05, 0) is 55.8 Å². The zero-order valence-corrected chi connectivity index (χ0v) is 16.4. The van der Waals surface area contributed by atoms with Crippen molar-refractivity contribution in [2.75, 3.05) is 7.05 Å². The van der Waals surface area contributed by atoms with Crippen molar-refractivity contribution in [2.24, 2.45) is 0 Å². The zero-order valence-electron chi connectivity index (χ0n) is 15.6. The lowest BCUT2D eigenvalue weighted by atomic mass is 10.1. The number of hydrogen-bond donors (Lipinski definition) is 1. The van der Waals surface area contributed by atoms with Gasteiger partial charge < -0.3 is 5.32 Å². The van der Waals surface area contributed by atoms with Crippen LogP contribution in [0, 0.1) is 0 Å². The number of alkyl halides is 3. The van der Waals surface area contributed by atoms with Crippen LogP contribution < -0.4 is 5.32 Å². The molecule has 1 amide bonds. The summed E-state index contributed by atoms with van der Waals surface area (Å²) in [5.41, 5.74) is -0.276. The SMILES string of the molecule is CC(C)N(C)S(=O)(=O)c1ccc(C(=O)NCc2cccc(C(F)(F)F)c2)cc1. The lowest BCUT2D eigenvalue weighted by Gasteiger charge is -2.21. The maximum atomic E-state index is 12.7. The first-order valence-corrected chi connectivity index (χ1v) is 9.89. The normalized spacial score (nSPS) is 12.4. The molecule has 0 fully saturated rings. The minimum Gasteiger partial charge on any atom is -0.348 e. The average Bonchev–Trinajstić information content (AvgIpc) is 2.65. The predicted molar refractivity (Wildman–Crippen MR) is 99.1 cm³/mol. The van der Waals surface area contributed by atoms with Crippen LogP contribution in [0.2, 0.25) is 0 Å². The quantitative estimate of drug-likeness (QED) is 0.785. The Balaban J connectivity index is 2.08. The Morgan fingerprint density at radius 3 is 2.25 bits per heavy atom. The highest BCUT2D eigenvalue weighted by Gasteiger charge is 2.30. The highest BCUT2D eigenvalue weighted by molar-refractivity contribution is 7.89. The molecule has 0 unspecified atom stereocenters. The van der Waals surface area contributed by atoms with Gasteiger partial charge in [0.2, 0.25) is 10.0 Å². The molecule has 9 heteroatoms. The molecule has 0 heterocycles. The van der Waals surface area contributed by atoms with Crippen LogP contribution in [0.5, 0.6) is 0 Å². The third-order valence-electron chi connectivity index (χ3n) is 4.23. The number of rotatable bonds is 6. The lowest BCUT2D eigenvalue weighted by molar-refractivity contribution is -0.137. The first kappa shape index (κ1) is 21.9. The first-order chi connectivity index (χ1) is 12.9. The van der Waals surface area contributed by atoms with Crippen LogP contribution in [0.3, 0.4) is 0 Å². The number of carbonyl (C=O) groups excluding carboxylic acids is 1. The molecule has 0 saturated heterocycles. The van der Waals surface area contributed by atoms with Gasteiger partial charge in [0.25, 0.3) is 5.91 Å². The van der Waals surface area contributed by atoms with Gasteiger partial charge in [0.15, 0.2) is 0 Å². The molecule has 0 radical (unpaired) electrons. The number of nitrogens with zero attached hydrogens (tertiary/aromatic N) is 1. The summed E-state index contributed by atoms with van der Waals surface area (Å²) in [6.07, 6.45) is -4.45. The molecule has 5 nitrogen and oxygen atoms in total. The van der Waals surface area contributed by atoms with Crippen molar-refractivity contribution in [3.8, 4) is 0 Å². The molecule has 0 aliphatic heterocycles. The maximum absolute atomic E-state index is 12.7. The summed E-state index contributed by atoms with van der Waals surface area (Å²) in [6.45, 7) is 3.40. The predicted octanol–water partition coefficient (Wildman–Crippen LogP) is 3.66. The second-order valence-electron chi connectivity index (χ2n) is 6.52. The highest BCUT2D eigenvalue weighted by atomic mass is 32.2. The molecule has 0 saturated carbocycles. The number of amides is 1. The van der Waals surface area contributed by atoms with Crippen molar-refractivity contribution < 1.29 is 26.4 Å². The van der Waals surface area contributed by atoms with Crippen LogP contribution in [0.4, 0.5) is 13.2 Å². The summed E-state index contributed by atoms with van der Waals surface area (Å²) in [6, 6.07) is 9.84. The number of hydrogen-bond acceptors (Lipinski definition) is 3. The summed E-state index contributed by atoms with van der Waals surface area (Å²) in [5, 5.41) is 2.53. The van der Waals surface area contributed by atoms with Gasteiger partial charge in [-0.3, -0.25) is 4.79 Å². The molecule has 28 heavy (non-hydrogen) atoms. The van der Waals surface area contributed by atoms with Gasteiger partial charge in [0, 0.05) is 25.2 Å². The Kier molecular flexibility index (Phi) is 6.51. The second-order valence-corrected chi connectivity index (χ2v) is 8.52. The minimum atomic E-state index is -4.45. The Morgan fingerprint density at radius 2 is 1.71 bits per heavy atom. The van der Waals surface area contributed by atoms with Gasteiger partial charge in [-0.2, -0.15) is 17.5 Å². The van der Waals surface area contributed by atoms with Crippen molar-refractivity contribution in [3.05, 3.63) is 65.2 Å². The third kappa shape index (κ3) is 5.11. The highest BCUT2D eigenvalue weighted by Crippen LogP contribution is 2.29. The second kappa shape index (κ2) is 8.32. The molecular weight excluding hydrogens is 393 g/mol. The van der Waals surface area contributed by atoms with Crippen molar-refractivity contribution in [1.29, 1.82) is 0 Å². The van der Waals surface area contributed by atoms with Crippen molar-refractivity contribution in [3.63, 3.8) is 0 Å². The van der Waals surface area contributed by atoms with Crippen LogP contribution >= 0.6 is 0 Å². The molecule has 0 aromatic heterocycles. The molecule has 0 atom stereocenters. The number of benzene rings is 2. The van der Waals surface area contributed by atoms with E-state index >= 15 is 0 Å². The van der Waals surface area contributed by atoms with Gasteiger partial charge >= 0.3 is 6.18 Å². The fraction of sp³-hybridized carbons (Fsp3) is 0.316. The van der Waals surface area contributed by atoms with Gasteiger partial charge in [-0.1, -0.05) is 12.1 Å². The topological polar surface area (TPSA) is 66.5 Å². The van der Waals surface area contributed by atoms with E-state index in [1.54, 1.807) is 13.8 Å². The van der Waals surface area contributed by atoms with Gasteiger partial charge in [0.05, 0.1) is 10.5 Å². The molecule has 152 valence electrons. The number of sulfonamides is 1. The summed E-state index contributed by atoms with van der Waals surface area (Å²) < 4.78 is 64.2. The van der Waals surface area contributed by atoms with Crippen LogP contribution in [0.15, 0.2) is 53.4 Å². The Labute approximate surface area is 162 Å². The van der Waals surface area contributed by atoms with Gasteiger partial charge in [0.1, 0.15) is 0 Å². The Bertz CT molecular complexity index is 940. The lowest BCUT2D eigenvalue weighted by Crippen LogP contribution is -2.33. The van der Waals surface area contributed by atoms with E-state index in [1.165, 1.54) is 47.8 Å². The molecule has 2 aromatic rings. The number of carbonyl (C=O) groups is 1. The summed E-state index contributed by atoms with van der Waals surface area (Å²) in [7, 11) is -2.19. The van der Waals surface area contributed by atoms with Crippen molar-refractivity contribution in [2.45, 2.75) is 37.5 Å². The molecule has 2 rings (SSSR count). The standard InChI is InChI=1S/C19H21F3N2O3S/c1-13(2)24(3)28(26,27)17-9-7-15(8-10-17)18(25)23-12-14-5-4-6-16(11-14)19(20,21)22/h4-11,13H,12H2,1-3H3,(H,23,25). The van der Waals surface area contributed by atoms with Gasteiger partial charge in [-0.25, -0.2) is 8.42 Å². The fourth-order valence-electron chi connectivity index (χ4n) is 2.36. The minimum absolute atomic E-state index is 0.0538. The Hall–Kier alpha value is -2.39. The Morgan fingerprint density at radius 1 is 1.11 bits per heavy atom. The van der Waals surface area contributed by atoms with Crippen molar-refractivity contribution in [1.82, 2.24) is 9.62 Å². The van der Waals surface area contributed by atoms with E-state index in [0.29, 0.717) is 5.56 Å². The molecule has 0 aliphatic rings.